The van der Waals surface area contributed by atoms with Crippen LogP contribution in [0.25, 0.3) is 5.69 Å². The van der Waals surface area contributed by atoms with Gasteiger partial charge in [-0.3, -0.25) is 28.8 Å². The minimum atomic E-state index is -4.65. The van der Waals surface area contributed by atoms with Gasteiger partial charge in [0.05, 0.1) is 23.4 Å². The van der Waals surface area contributed by atoms with E-state index in [1.807, 2.05) is 5.32 Å². The Balaban J connectivity index is 2.18. The minimum Gasteiger partial charge on any atom is -0.395 e. The Bertz CT molecular complexity index is 1150. The lowest BCUT2D eigenvalue weighted by molar-refractivity contribution is 0.0880. The van der Waals surface area contributed by atoms with Crippen LogP contribution in [-0.4, -0.2) is 47.6 Å². The number of imide groups is 1. The Morgan fingerprint density at radius 1 is 1.14 bits per heavy atom. The number of hydrogen-bond acceptors (Lipinski definition) is 8. The molecule has 0 fully saturated rings. The molecule has 0 radical (unpaired) electrons. The van der Waals surface area contributed by atoms with Crippen LogP contribution in [0, 0.1) is 0 Å². The van der Waals surface area contributed by atoms with E-state index in [0.717, 1.165) is 16.7 Å². The topological polar surface area (TPSA) is 181 Å². The van der Waals surface area contributed by atoms with E-state index < -0.39 is 32.4 Å². The molecule has 2 amide bonds. The Labute approximate surface area is 158 Å². The molecular weight excluding hydrogens is 392 g/mol. The number of benzene rings is 1. The van der Waals surface area contributed by atoms with E-state index in [1.165, 1.54) is 12.1 Å². The second kappa shape index (κ2) is 7.16. The molecule has 11 nitrogen and oxygen atoms in total. The van der Waals surface area contributed by atoms with Gasteiger partial charge in [0.1, 0.15) is 10.7 Å². The van der Waals surface area contributed by atoms with Crippen molar-refractivity contribution in [1.82, 2.24) is 15.2 Å². The lowest BCUT2D eigenvalue weighted by atomic mass is 10.1. The molecule has 0 saturated heterocycles. The number of anilines is 1. The van der Waals surface area contributed by atoms with Crippen LogP contribution < -0.4 is 21.9 Å². The molecule has 0 unspecified atom stereocenters. The maximum absolute atomic E-state index is 12.4. The van der Waals surface area contributed by atoms with Gasteiger partial charge in [-0.05, 0) is 17.7 Å². The fourth-order valence-electron chi connectivity index (χ4n) is 2.92. The number of nitrogens with two attached hydrogens (primary N) is 1. The average Bonchev–Trinajstić information content (AvgIpc) is 2.89. The number of nitrogens with one attached hydrogen (secondary N) is 2. The number of rotatable bonds is 6. The van der Waals surface area contributed by atoms with Gasteiger partial charge in [0.25, 0.3) is 27.5 Å². The van der Waals surface area contributed by atoms with Crippen molar-refractivity contribution in [3.63, 3.8) is 0 Å². The van der Waals surface area contributed by atoms with Crippen molar-refractivity contribution in [2.24, 2.45) is 0 Å². The molecule has 1 aromatic heterocycles. The molecule has 3 rings (SSSR count). The zero-order valence-corrected chi connectivity index (χ0v) is 15.1. The summed E-state index contributed by atoms with van der Waals surface area (Å²) >= 11 is 0. The van der Waals surface area contributed by atoms with Crippen molar-refractivity contribution < 1.29 is 27.7 Å². The molecule has 0 aliphatic carbocycles. The zero-order chi connectivity index (χ0) is 20.6. The fourth-order valence-corrected chi connectivity index (χ4v) is 3.66. The summed E-state index contributed by atoms with van der Waals surface area (Å²) in [5.74, 6) is -1.86. The van der Waals surface area contributed by atoms with Crippen molar-refractivity contribution in [2.45, 2.75) is 11.4 Å². The number of aliphatic hydroxyl groups is 1. The van der Waals surface area contributed by atoms with E-state index in [0.29, 0.717) is 0 Å². The van der Waals surface area contributed by atoms with Crippen LogP contribution >= 0.6 is 0 Å². The molecule has 2 aromatic rings. The first-order valence-corrected chi connectivity index (χ1v) is 9.42. The fraction of sp³-hybridized carbons (Fsp3) is 0.188. The van der Waals surface area contributed by atoms with Crippen molar-refractivity contribution in [3.05, 3.63) is 51.3 Å². The zero-order valence-electron chi connectivity index (χ0n) is 14.3. The summed E-state index contributed by atoms with van der Waals surface area (Å²) < 4.78 is 34.0. The summed E-state index contributed by atoms with van der Waals surface area (Å²) in [6.07, 6.45) is 0. The summed E-state index contributed by atoms with van der Waals surface area (Å²) in [5, 5.41) is 13.6. The Kier molecular flexibility index (Phi) is 5.04. The Morgan fingerprint density at radius 2 is 1.86 bits per heavy atom. The molecule has 148 valence electrons. The number of carbonyl (C=O) groups excluding carboxylic acids is 2. The standard InChI is InChI=1S/C16H16N4O7S/c17-14-13-10(15(23)19-16(13)24)6-12(22)20(14)9-2-1-8(7-18-3-4-21)11(5-9)28(25,26)27/h1-2,5-6,18,21H,3-4,7,17H2,(H,19,23,24)(H,25,26,27). The lowest BCUT2D eigenvalue weighted by Crippen LogP contribution is -2.24. The molecule has 1 aliphatic rings. The molecule has 1 aromatic carbocycles. The summed E-state index contributed by atoms with van der Waals surface area (Å²) in [4.78, 5) is 35.6. The molecule has 0 bridgehead atoms. The number of hydrogen-bond donors (Lipinski definition) is 5. The highest BCUT2D eigenvalue weighted by atomic mass is 32.2. The first-order chi connectivity index (χ1) is 13.1. The predicted molar refractivity (Wildman–Crippen MR) is 96.9 cm³/mol. The van der Waals surface area contributed by atoms with Gasteiger partial charge in [0.15, 0.2) is 0 Å². The molecule has 0 spiro atoms. The number of pyridine rings is 1. The Morgan fingerprint density at radius 3 is 2.50 bits per heavy atom. The van der Waals surface area contributed by atoms with Crippen LogP contribution in [0.4, 0.5) is 5.82 Å². The number of nitrogen functional groups attached to an aromatic ring is 1. The molecule has 6 N–H and O–H groups in total. The van der Waals surface area contributed by atoms with Crippen LogP contribution in [-0.2, 0) is 16.7 Å². The molecular formula is C16H16N4O7S. The highest BCUT2D eigenvalue weighted by Gasteiger charge is 2.32. The summed E-state index contributed by atoms with van der Waals surface area (Å²) in [7, 11) is -4.65. The van der Waals surface area contributed by atoms with Crippen molar-refractivity contribution in [3.8, 4) is 5.69 Å². The summed E-state index contributed by atoms with van der Waals surface area (Å²) in [6.45, 7) is 0.0651. The highest BCUT2D eigenvalue weighted by molar-refractivity contribution is 7.85. The summed E-state index contributed by atoms with van der Waals surface area (Å²) in [6, 6.07) is 4.69. The second-order valence-corrected chi connectivity index (χ2v) is 7.33. The SMILES string of the molecule is Nc1c2c(cc(=O)n1-c1ccc(CNCCO)c(S(=O)(=O)O)c1)C(=O)NC2=O. The van der Waals surface area contributed by atoms with Crippen LogP contribution in [0.2, 0.25) is 0 Å². The van der Waals surface area contributed by atoms with Gasteiger partial charge in [0, 0.05) is 19.2 Å². The maximum atomic E-state index is 12.4. The van der Waals surface area contributed by atoms with E-state index in [-0.39, 0.29) is 47.9 Å². The number of aromatic nitrogens is 1. The first-order valence-electron chi connectivity index (χ1n) is 7.98. The van der Waals surface area contributed by atoms with E-state index in [4.69, 9.17) is 10.8 Å². The maximum Gasteiger partial charge on any atom is 0.294 e. The smallest absolute Gasteiger partial charge is 0.294 e. The number of amides is 2. The van der Waals surface area contributed by atoms with E-state index in [2.05, 4.69) is 5.32 Å². The van der Waals surface area contributed by atoms with E-state index in [1.54, 1.807) is 0 Å². The normalized spacial score (nSPS) is 13.5. The molecule has 28 heavy (non-hydrogen) atoms. The number of aliphatic hydroxyl groups excluding tert-OH is 1. The third-order valence-corrected chi connectivity index (χ3v) is 5.08. The predicted octanol–water partition coefficient (Wildman–Crippen LogP) is -1.37. The van der Waals surface area contributed by atoms with Crippen LogP contribution in [0.15, 0.2) is 34.0 Å². The van der Waals surface area contributed by atoms with Gasteiger partial charge in [0.2, 0.25) is 0 Å². The molecule has 12 heteroatoms. The van der Waals surface area contributed by atoms with Crippen LogP contribution in [0.1, 0.15) is 26.3 Å². The third kappa shape index (κ3) is 3.41. The largest absolute Gasteiger partial charge is 0.395 e. The van der Waals surface area contributed by atoms with Crippen molar-refractivity contribution in [1.29, 1.82) is 0 Å². The van der Waals surface area contributed by atoms with Crippen molar-refractivity contribution in [2.75, 3.05) is 18.9 Å². The number of fused-ring (bicyclic) bond motifs is 1. The van der Waals surface area contributed by atoms with E-state index in [9.17, 15) is 27.4 Å². The molecule has 0 atom stereocenters. The third-order valence-electron chi connectivity index (χ3n) is 4.14. The van der Waals surface area contributed by atoms with Crippen LogP contribution in [0.5, 0.6) is 0 Å². The number of nitrogens with zero attached hydrogens (tertiary/aromatic N) is 1. The second-order valence-electron chi connectivity index (χ2n) is 5.94. The van der Waals surface area contributed by atoms with Gasteiger partial charge in [-0.2, -0.15) is 8.42 Å². The molecule has 2 heterocycles. The average molecular weight is 408 g/mol. The summed E-state index contributed by atoms with van der Waals surface area (Å²) in [5.41, 5.74) is 4.98. The monoisotopic (exact) mass is 408 g/mol. The van der Waals surface area contributed by atoms with E-state index >= 15 is 0 Å². The quantitative estimate of drug-likeness (QED) is 0.219. The number of carbonyl (C=O) groups is 2. The lowest BCUT2D eigenvalue weighted by Gasteiger charge is -2.15. The van der Waals surface area contributed by atoms with Gasteiger partial charge < -0.3 is 16.2 Å². The van der Waals surface area contributed by atoms with Crippen molar-refractivity contribution >= 4 is 27.8 Å². The van der Waals surface area contributed by atoms with Gasteiger partial charge in [-0.15, -0.1) is 0 Å². The van der Waals surface area contributed by atoms with Gasteiger partial charge in [-0.1, -0.05) is 6.07 Å². The highest BCUT2D eigenvalue weighted by Crippen LogP contribution is 2.25. The van der Waals surface area contributed by atoms with Gasteiger partial charge >= 0.3 is 0 Å². The first kappa shape index (κ1) is 19.7. The van der Waals surface area contributed by atoms with Gasteiger partial charge in [-0.25, -0.2) is 0 Å². The molecule has 1 aliphatic heterocycles. The Hall–Kier alpha value is -3.06. The van der Waals surface area contributed by atoms with Crippen LogP contribution in [0.3, 0.4) is 0 Å². The molecule has 0 saturated carbocycles. The minimum absolute atomic E-state index is 0.0176.